The van der Waals surface area contributed by atoms with Crippen molar-refractivity contribution in [3.63, 3.8) is 0 Å². The van der Waals surface area contributed by atoms with Crippen LogP contribution in [0.25, 0.3) is 10.8 Å². The predicted octanol–water partition coefficient (Wildman–Crippen LogP) is 3.53. The van der Waals surface area contributed by atoms with E-state index in [9.17, 15) is 8.42 Å². The Morgan fingerprint density at radius 1 is 0.958 bits per heavy atom. The number of benzene rings is 2. The van der Waals surface area contributed by atoms with Crippen molar-refractivity contribution >= 4 is 27.5 Å². The minimum atomic E-state index is -3.66. The summed E-state index contributed by atoms with van der Waals surface area (Å²) in [5.41, 5.74) is 2.29. The Hall–Kier alpha value is -2.31. The van der Waals surface area contributed by atoms with Gasteiger partial charge >= 0.3 is 0 Å². The predicted molar refractivity (Wildman–Crippen MR) is 96.9 cm³/mol. The van der Waals surface area contributed by atoms with E-state index in [1.807, 2.05) is 42.5 Å². The Morgan fingerprint density at radius 2 is 1.62 bits per heavy atom. The quantitative estimate of drug-likeness (QED) is 0.833. The van der Waals surface area contributed by atoms with Crippen LogP contribution in [0.2, 0.25) is 0 Å². The fourth-order valence-electron chi connectivity index (χ4n) is 2.45. The molecule has 1 aliphatic heterocycles. The lowest BCUT2D eigenvalue weighted by Crippen LogP contribution is -2.36. The maximum Gasteiger partial charge on any atom is 0.116 e. The van der Waals surface area contributed by atoms with Crippen LogP contribution in [0.3, 0.4) is 0 Å². The van der Waals surface area contributed by atoms with Gasteiger partial charge in [-0.15, -0.1) is 5.69 Å². The summed E-state index contributed by atoms with van der Waals surface area (Å²) >= 11 is 0. The zero-order valence-corrected chi connectivity index (χ0v) is 14.0. The first-order valence-electron chi connectivity index (χ1n) is 7.76. The third-order valence-electron chi connectivity index (χ3n) is 3.69. The number of nitrogens with zero attached hydrogens (tertiary/aromatic N) is 2. The lowest BCUT2D eigenvalue weighted by atomic mass is 10.2. The van der Waals surface area contributed by atoms with Gasteiger partial charge < -0.3 is 14.4 Å². The van der Waals surface area contributed by atoms with Crippen LogP contribution in [-0.2, 0) is 14.8 Å². The van der Waals surface area contributed by atoms with Crippen LogP contribution < -0.4 is 4.90 Å². The van der Waals surface area contributed by atoms with Crippen LogP contribution in [-0.4, -0.2) is 34.7 Å². The molecule has 0 aliphatic carbocycles. The molecule has 0 aromatic heterocycles. The fraction of sp³-hybridized carbons (Fsp3) is 0.222. The van der Waals surface area contributed by atoms with E-state index < -0.39 is 10.0 Å². The summed E-state index contributed by atoms with van der Waals surface area (Å²) in [4.78, 5) is 2.21. The molecule has 2 aromatic rings. The number of sulfonamides is 1. The molecule has 0 saturated carbocycles. The monoisotopic (exact) mass is 343 g/mol. The van der Waals surface area contributed by atoms with Gasteiger partial charge in [-0.1, -0.05) is 42.5 Å². The Balaban J connectivity index is 1.65. The number of hydrogen-bond donors (Lipinski definition) is 0. The number of ether oxygens (including phenoxy) is 1. The molecule has 0 amide bonds. The summed E-state index contributed by atoms with van der Waals surface area (Å²) in [6.45, 7) is 3.11. The van der Waals surface area contributed by atoms with Gasteiger partial charge in [0, 0.05) is 24.2 Å². The molecule has 24 heavy (non-hydrogen) atoms. The highest BCUT2D eigenvalue weighted by molar-refractivity contribution is 7.97. The van der Waals surface area contributed by atoms with E-state index in [-0.39, 0.29) is 0 Å². The van der Waals surface area contributed by atoms with Gasteiger partial charge in [0.2, 0.25) is 0 Å². The van der Waals surface area contributed by atoms with E-state index in [0.717, 1.165) is 29.7 Å². The molecule has 0 atom stereocenters. The second kappa shape index (κ2) is 7.51. The molecule has 3 rings (SSSR count). The van der Waals surface area contributed by atoms with Gasteiger partial charge in [0.05, 0.1) is 13.2 Å². The number of anilines is 1. The standard InChI is InChI=1S/C18H19N2O3S/c21-24(22,15-10-16-4-2-1-3-5-16)19-17-6-8-18(9-7-17)20-11-13-23-14-12-20/h1-10,15H,11-14H2/q-1. The topological polar surface area (TPSA) is 60.7 Å². The summed E-state index contributed by atoms with van der Waals surface area (Å²) in [6, 6.07) is 16.5. The summed E-state index contributed by atoms with van der Waals surface area (Å²) in [7, 11) is -3.66. The summed E-state index contributed by atoms with van der Waals surface area (Å²) < 4.78 is 33.3. The normalized spacial score (nSPS) is 15.6. The molecule has 1 fully saturated rings. The third kappa shape index (κ3) is 4.59. The van der Waals surface area contributed by atoms with Crippen molar-refractivity contribution in [3.8, 4) is 0 Å². The molecule has 1 heterocycles. The Labute approximate surface area is 142 Å². The number of morpholine rings is 1. The number of hydrogen-bond acceptors (Lipinski definition) is 4. The van der Waals surface area contributed by atoms with Gasteiger partial charge in [0.1, 0.15) is 10.0 Å². The molecule has 0 bridgehead atoms. The molecule has 6 heteroatoms. The molecule has 1 saturated heterocycles. The Bertz CT molecular complexity index is 781. The molecule has 0 N–H and O–H groups in total. The molecule has 2 aromatic carbocycles. The minimum Gasteiger partial charge on any atom is -0.573 e. The van der Waals surface area contributed by atoms with E-state index in [0.29, 0.717) is 18.9 Å². The van der Waals surface area contributed by atoms with Crippen LogP contribution in [0.15, 0.2) is 60.0 Å². The van der Waals surface area contributed by atoms with Crippen molar-refractivity contribution in [1.29, 1.82) is 0 Å². The van der Waals surface area contributed by atoms with E-state index in [1.165, 1.54) is 0 Å². The SMILES string of the molecule is O=S(=O)(C=Cc1ccccc1)[N-]c1ccc(N2CCOCC2)cc1. The van der Waals surface area contributed by atoms with Crippen molar-refractivity contribution in [2.75, 3.05) is 31.2 Å². The molecule has 0 spiro atoms. The highest BCUT2D eigenvalue weighted by Crippen LogP contribution is 2.27. The summed E-state index contributed by atoms with van der Waals surface area (Å²) in [5.74, 6) is 0. The summed E-state index contributed by atoms with van der Waals surface area (Å²) in [6.07, 6.45) is 1.54. The van der Waals surface area contributed by atoms with E-state index >= 15 is 0 Å². The van der Waals surface area contributed by atoms with Gasteiger partial charge in [-0.3, -0.25) is 0 Å². The first kappa shape index (κ1) is 16.5. The van der Waals surface area contributed by atoms with E-state index in [4.69, 9.17) is 4.74 Å². The molecule has 0 unspecified atom stereocenters. The molecular weight excluding hydrogens is 324 g/mol. The first-order valence-corrected chi connectivity index (χ1v) is 9.27. The average molecular weight is 343 g/mol. The maximum atomic E-state index is 12.1. The van der Waals surface area contributed by atoms with Crippen LogP contribution in [0.4, 0.5) is 11.4 Å². The van der Waals surface area contributed by atoms with Crippen LogP contribution in [0.5, 0.6) is 0 Å². The van der Waals surface area contributed by atoms with Gasteiger partial charge in [-0.25, -0.2) is 8.42 Å². The Morgan fingerprint density at radius 3 is 2.29 bits per heavy atom. The summed E-state index contributed by atoms with van der Waals surface area (Å²) in [5, 5.41) is 1.12. The minimum absolute atomic E-state index is 0.421. The van der Waals surface area contributed by atoms with Gasteiger partial charge in [0.25, 0.3) is 0 Å². The molecular formula is C18H19N2O3S-. The highest BCUT2D eigenvalue weighted by Gasteiger charge is 2.10. The van der Waals surface area contributed by atoms with Gasteiger partial charge in [-0.05, 0) is 23.8 Å². The number of rotatable bonds is 5. The van der Waals surface area contributed by atoms with Crippen LogP contribution >= 0.6 is 0 Å². The highest BCUT2D eigenvalue weighted by atomic mass is 32.2. The van der Waals surface area contributed by atoms with Crippen LogP contribution in [0, 0.1) is 0 Å². The third-order valence-corrected chi connectivity index (χ3v) is 4.64. The van der Waals surface area contributed by atoms with Crippen molar-refractivity contribution in [1.82, 2.24) is 0 Å². The molecule has 1 aliphatic rings. The lowest BCUT2D eigenvalue weighted by Gasteiger charge is -2.29. The maximum absolute atomic E-state index is 12.1. The molecule has 126 valence electrons. The second-order valence-electron chi connectivity index (χ2n) is 5.44. The van der Waals surface area contributed by atoms with Crippen molar-refractivity contribution in [2.45, 2.75) is 0 Å². The zero-order valence-electron chi connectivity index (χ0n) is 13.2. The van der Waals surface area contributed by atoms with E-state index in [1.54, 1.807) is 18.2 Å². The van der Waals surface area contributed by atoms with Crippen molar-refractivity contribution < 1.29 is 13.2 Å². The second-order valence-corrected chi connectivity index (χ2v) is 6.92. The zero-order chi connectivity index (χ0) is 16.8. The average Bonchev–Trinajstić information content (AvgIpc) is 2.62. The molecule has 5 nitrogen and oxygen atoms in total. The first-order chi connectivity index (χ1) is 11.6. The van der Waals surface area contributed by atoms with Crippen LogP contribution in [0.1, 0.15) is 5.56 Å². The fourth-order valence-corrected chi connectivity index (χ4v) is 3.26. The smallest absolute Gasteiger partial charge is 0.116 e. The largest absolute Gasteiger partial charge is 0.573 e. The van der Waals surface area contributed by atoms with Gasteiger partial charge in [0.15, 0.2) is 0 Å². The van der Waals surface area contributed by atoms with Crippen molar-refractivity contribution in [3.05, 3.63) is 70.3 Å². The van der Waals surface area contributed by atoms with Crippen molar-refractivity contribution in [2.24, 2.45) is 0 Å². The molecule has 0 radical (unpaired) electrons. The Kier molecular flexibility index (Phi) is 5.17. The lowest BCUT2D eigenvalue weighted by molar-refractivity contribution is 0.122. The van der Waals surface area contributed by atoms with Gasteiger partial charge in [-0.2, -0.15) is 0 Å². The van der Waals surface area contributed by atoms with E-state index in [2.05, 4.69) is 9.62 Å².